The van der Waals surface area contributed by atoms with Crippen molar-refractivity contribution in [2.45, 2.75) is 84.2 Å². The molecule has 0 saturated carbocycles. The van der Waals surface area contributed by atoms with E-state index in [1.54, 1.807) is 28.0 Å². The summed E-state index contributed by atoms with van der Waals surface area (Å²) >= 11 is 0.970. The zero-order valence-corrected chi connectivity index (χ0v) is 30.3. The molecule has 256 valence electrons. The number of phenolic OH excluding ortho intramolecular Hbond substituents is 1. The second-order valence-electron chi connectivity index (χ2n) is 14.7. The number of nitrogens with one attached hydrogen (secondary N) is 1. The Bertz CT molecular complexity index is 1680. The van der Waals surface area contributed by atoms with Gasteiger partial charge in [0.15, 0.2) is 8.32 Å². The van der Waals surface area contributed by atoms with E-state index < -0.39 is 32.1 Å². The maximum atomic E-state index is 13.8. The monoisotopic (exact) mass is 685 g/mol. The van der Waals surface area contributed by atoms with E-state index in [0.717, 1.165) is 16.9 Å². The number of benzene rings is 1. The smallest absolute Gasteiger partial charge is 0.410 e. The van der Waals surface area contributed by atoms with Crippen LogP contribution in [0.15, 0.2) is 41.2 Å². The number of hydrogen-bond acceptors (Lipinski definition) is 8. The maximum absolute atomic E-state index is 13.8. The normalized spacial score (nSPS) is 15.4. The summed E-state index contributed by atoms with van der Waals surface area (Å²) in [6.45, 7) is 17.7. The molecule has 1 aliphatic rings. The molecule has 3 heterocycles. The Kier molecular flexibility index (Phi) is 10.6. The molecule has 11 nitrogen and oxygen atoms in total. The Morgan fingerprint density at radius 1 is 1.02 bits per heavy atom. The number of aromatic nitrogens is 1. The van der Waals surface area contributed by atoms with Crippen LogP contribution in [0.5, 0.6) is 5.75 Å². The first-order valence-corrected chi connectivity index (χ1v) is 19.6. The molecular weight excluding hydrogens is 639 g/mol. The molecule has 1 aliphatic heterocycles. The Morgan fingerprint density at radius 3 is 2.23 bits per heavy atom. The first-order chi connectivity index (χ1) is 21.8. The Morgan fingerprint density at radius 2 is 1.66 bits per heavy atom. The van der Waals surface area contributed by atoms with E-state index in [-0.39, 0.29) is 39.6 Å². The lowest BCUT2D eigenvalue weighted by molar-refractivity contribution is 0.00930. The number of fused-ring (bicyclic) bond motifs is 1. The molecule has 2 amide bonds. The minimum atomic E-state index is -2.42. The second-order valence-corrected chi connectivity index (χ2v) is 20.6. The number of H-pyrrole nitrogens is 1. The average molecular weight is 686 g/mol. The van der Waals surface area contributed by atoms with Crippen molar-refractivity contribution < 1.29 is 33.8 Å². The number of likely N-dealkylation sites (tertiary alicyclic amines) is 1. The zero-order valence-electron chi connectivity index (χ0n) is 28.5. The van der Waals surface area contributed by atoms with Crippen LogP contribution in [0.4, 0.5) is 4.79 Å². The number of carbonyl (C=O) groups excluding carboxylic acids is 2. The Labute approximate surface area is 280 Å². The summed E-state index contributed by atoms with van der Waals surface area (Å²) in [7, 11) is -2.42. The van der Waals surface area contributed by atoms with Gasteiger partial charge >= 0.3 is 12.1 Å². The van der Waals surface area contributed by atoms with E-state index in [4.69, 9.17) is 9.16 Å². The third-order valence-electron chi connectivity index (χ3n) is 8.94. The molecule has 1 fully saturated rings. The van der Waals surface area contributed by atoms with Gasteiger partial charge in [0.25, 0.3) is 5.91 Å². The summed E-state index contributed by atoms with van der Waals surface area (Å²) in [4.78, 5) is 57.0. The minimum absolute atomic E-state index is 0.0560. The van der Waals surface area contributed by atoms with Crippen LogP contribution in [-0.4, -0.2) is 83.1 Å². The molecule has 0 aliphatic carbocycles. The molecule has 0 unspecified atom stereocenters. The minimum Gasteiger partial charge on any atom is -0.506 e. The van der Waals surface area contributed by atoms with Crippen molar-refractivity contribution >= 4 is 48.5 Å². The van der Waals surface area contributed by atoms with Crippen LogP contribution in [0, 0.1) is 5.92 Å². The van der Waals surface area contributed by atoms with Gasteiger partial charge in [-0.15, -0.1) is 11.3 Å². The van der Waals surface area contributed by atoms with Gasteiger partial charge in [-0.3, -0.25) is 9.59 Å². The summed E-state index contributed by atoms with van der Waals surface area (Å²) in [6, 6.07) is 9.40. The molecule has 3 N–H and O–H groups in total. The van der Waals surface area contributed by atoms with Crippen molar-refractivity contribution in [3.63, 3.8) is 0 Å². The molecule has 0 radical (unpaired) electrons. The van der Waals surface area contributed by atoms with Crippen molar-refractivity contribution in [3.8, 4) is 5.75 Å². The molecule has 3 aromatic rings. The van der Waals surface area contributed by atoms with Gasteiger partial charge in [0, 0.05) is 31.1 Å². The highest BCUT2D eigenvalue weighted by Gasteiger charge is 2.41. The number of thiophene rings is 1. The number of aromatic hydroxyl groups is 1. The fourth-order valence-corrected chi connectivity index (χ4v) is 7.45. The van der Waals surface area contributed by atoms with Gasteiger partial charge in [-0.25, -0.2) is 9.59 Å². The lowest BCUT2D eigenvalue weighted by Gasteiger charge is -2.41. The van der Waals surface area contributed by atoms with E-state index in [2.05, 4.69) is 38.8 Å². The molecule has 4 rings (SSSR count). The molecule has 1 atom stereocenters. The van der Waals surface area contributed by atoms with Gasteiger partial charge in [0.2, 0.25) is 5.56 Å². The number of hydrogen-bond donors (Lipinski definition) is 3. The highest BCUT2D eigenvalue weighted by molar-refractivity contribution is 7.15. The van der Waals surface area contributed by atoms with E-state index in [1.165, 1.54) is 18.2 Å². The van der Waals surface area contributed by atoms with E-state index >= 15 is 0 Å². The van der Waals surface area contributed by atoms with Gasteiger partial charge in [0.1, 0.15) is 16.2 Å². The molecule has 0 spiro atoms. The van der Waals surface area contributed by atoms with Crippen molar-refractivity contribution in [2.75, 3.05) is 26.2 Å². The predicted octanol–water partition coefficient (Wildman–Crippen LogP) is 6.85. The van der Waals surface area contributed by atoms with Crippen LogP contribution in [0.1, 0.15) is 85.4 Å². The molecule has 0 bridgehead atoms. The Balaban J connectivity index is 1.63. The van der Waals surface area contributed by atoms with Crippen molar-refractivity contribution in [2.24, 2.45) is 5.92 Å². The lowest BCUT2D eigenvalue weighted by Crippen LogP contribution is -2.48. The number of carboxylic acids is 1. The lowest BCUT2D eigenvalue weighted by atomic mass is 9.95. The number of phenols is 1. The number of aromatic carboxylic acids is 1. The van der Waals surface area contributed by atoms with Crippen LogP contribution in [0.2, 0.25) is 18.1 Å². The van der Waals surface area contributed by atoms with Crippen LogP contribution < -0.4 is 5.56 Å². The maximum Gasteiger partial charge on any atom is 0.410 e. The van der Waals surface area contributed by atoms with Crippen LogP contribution in [-0.2, 0) is 9.16 Å². The fourth-order valence-electron chi connectivity index (χ4n) is 5.38. The topological polar surface area (TPSA) is 149 Å². The standard InChI is InChI=1S/C34H47N3O8SSi/c1-33(2,3)44-32(43)37(19-21-15-17-36(18-16-21)30(40)26-12-13-27(46-26)31(41)42)20-25(45-47(7,8)34(4,5)6)22-9-11-24(38)29-23(22)10-14-28(39)35-29/h9-14,21,25,38H,15-20H2,1-8H3,(H,35,39)(H,41,42)/t25-/m0/s1. The zero-order chi connectivity index (χ0) is 34.9. The first kappa shape index (κ1) is 36.2. The van der Waals surface area contributed by atoms with E-state index in [1.807, 2.05) is 20.8 Å². The third-order valence-corrected chi connectivity index (χ3v) is 14.5. The SMILES string of the molecule is CC(C)(C)OC(=O)N(CC1CCN(C(=O)c2ccc(C(=O)O)s2)CC1)C[C@H](O[Si](C)(C)C(C)(C)C)c1ccc(O)c2[nH]c(=O)ccc12. The van der Waals surface area contributed by atoms with Gasteiger partial charge in [-0.2, -0.15) is 0 Å². The number of pyridine rings is 1. The summed E-state index contributed by atoms with van der Waals surface area (Å²) in [6.07, 6.45) is 0.232. The van der Waals surface area contributed by atoms with Crippen molar-refractivity contribution in [1.29, 1.82) is 0 Å². The number of carboxylic acid groups (broad SMARTS) is 1. The van der Waals surface area contributed by atoms with Gasteiger partial charge in [0.05, 0.1) is 23.0 Å². The highest BCUT2D eigenvalue weighted by atomic mass is 32.1. The number of ether oxygens (including phenoxy) is 1. The molecule has 47 heavy (non-hydrogen) atoms. The molecular formula is C34H47N3O8SSi. The predicted molar refractivity (Wildman–Crippen MR) is 185 cm³/mol. The largest absolute Gasteiger partial charge is 0.506 e. The van der Waals surface area contributed by atoms with Crippen LogP contribution >= 0.6 is 11.3 Å². The number of rotatable bonds is 9. The van der Waals surface area contributed by atoms with Gasteiger partial charge in [-0.1, -0.05) is 26.8 Å². The van der Waals surface area contributed by atoms with E-state index in [0.29, 0.717) is 48.3 Å². The fraction of sp³-hybridized carbons (Fsp3) is 0.529. The second kappa shape index (κ2) is 13.8. The van der Waals surface area contributed by atoms with Crippen LogP contribution in [0.25, 0.3) is 10.9 Å². The number of amides is 2. The quantitative estimate of drug-likeness (QED) is 0.207. The Hall–Kier alpha value is -3.68. The number of aromatic amines is 1. The van der Waals surface area contributed by atoms with E-state index in [9.17, 15) is 29.4 Å². The average Bonchev–Trinajstić information content (AvgIpc) is 3.46. The number of piperidine rings is 1. The summed E-state index contributed by atoms with van der Waals surface area (Å²) in [5.41, 5.74) is -0.0277. The molecule has 1 saturated heterocycles. The molecule has 2 aromatic heterocycles. The summed E-state index contributed by atoms with van der Waals surface area (Å²) in [5, 5.41) is 20.3. The number of carbonyl (C=O) groups is 3. The summed E-state index contributed by atoms with van der Waals surface area (Å²) in [5.74, 6) is -1.23. The third kappa shape index (κ3) is 8.82. The molecule has 13 heteroatoms. The van der Waals surface area contributed by atoms with Gasteiger partial charge < -0.3 is 34.2 Å². The first-order valence-electron chi connectivity index (χ1n) is 15.9. The van der Waals surface area contributed by atoms with Gasteiger partial charge in [-0.05, 0) is 87.5 Å². The molecule has 1 aromatic carbocycles. The number of nitrogens with zero attached hydrogens (tertiary/aromatic N) is 2. The van der Waals surface area contributed by atoms with Crippen LogP contribution in [0.3, 0.4) is 0 Å². The summed E-state index contributed by atoms with van der Waals surface area (Å²) < 4.78 is 12.9. The van der Waals surface area contributed by atoms with Crippen molar-refractivity contribution in [1.82, 2.24) is 14.8 Å². The van der Waals surface area contributed by atoms with Crippen molar-refractivity contribution in [3.05, 3.63) is 62.1 Å². The highest BCUT2D eigenvalue weighted by Crippen LogP contribution is 2.42.